The molecule has 4 nitrogen and oxygen atoms in total. The number of hydrogen-bond acceptors (Lipinski definition) is 4. The molecule has 2 saturated heterocycles. The van der Waals surface area contributed by atoms with Crippen molar-refractivity contribution in [2.75, 3.05) is 39.3 Å². The highest BCUT2D eigenvalue weighted by Gasteiger charge is 2.33. The Morgan fingerprint density at radius 3 is 2.50 bits per heavy atom. The van der Waals surface area contributed by atoms with Gasteiger partial charge in [0.15, 0.2) is 0 Å². The van der Waals surface area contributed by atoms with Crippen LogP contribution in [-0.2, 0) is 6.54 Å². The zero-order valence-corrected chi connectivity index (χ0v) is 16.0. The van der Waals surface area contributed by atoms with Crippen molar-refractivity contribution in [1.29, 1.82) is 0 Å². The third-order valence-corrected chi connectivity index (χ3v) is 6.49. The Labute approximate surface area is 158 Å². The Hall–Kier alpha value is -1.10. The first-order valence-electron chi connectivity index (χ1n) is 10.6. The van der Waals surface area contributed by atoms with Crippen LogP contribution in [0.25, 0.3) is 0 Å². The van der Waals surface area contributed by atoms with Crippen LogP contribution in [0.5, 0.6) is 5.75 Å². The summed E-state index contributed by atoms with van der Waals surface area (Å²) < 4.78 is 6.17. The van der Waals surface area contributed by atoms with Crippen LogP contribution >= 0.6 is 0 Å². The molecule has 0 unspecified atom stereocenters. The fourth-order valence-corrected chi connectivity index (χ4v) is 5.05. The van der Waals surface area contributed by atoms with Crippen molar-refractivity contribution in [3.63, 3.8) is 0 Å². The zero-order chi connectivity index (χ0) is 17.8. The van der Waals surface area contributed by atoms with E-state index in [-0.39, 0.29) is 0 Å². The zero-order valence-electron chi connectivity index (χ0n) is 16.0. The number of benzene rings is 1. The van der Waals surface area contributed by atoms with Crippen LogP contribution < -0.4 is 4.74 Å². The van der Waals surface area contributed by atoms with Gasteiger partial charge in [0.05, 0.1) is 6.10 Å². The molecule has 3 aliphatic rings. The van der Waals surface area contributed by atoms with Gasteiger partial charge in [-0.1, -0.05) is 12.1 Å². The molecule has 4 heteroatoms. The van der Waals surface area contributed by atoms with Crippen molar-refractivity contribution >= 4 is 0 Å². The standard InChI is InChI=1S/C22H34N2O2/c25-17-20-16-24(15-19(20)14-23-10-3-4-11-23)13-18-6-5-9-22(12-18)26-21-7-1-2-8-21/h5-6,9,12,19-21,25H,1-4,7-8,10-11,13-17H2/t19-,20-/m1/s1. The Morgan fingerprint density at radius 1 is 0.962 bits per heavy atom. The number of aliphatic hydroxyl groups excluding tert-OH is 1. The van der Waals surface area contributed by atoms with E-state index in [2.05, 4.69) is 34.1 Å². The molecule has 2 heterocycles. The van der Waals surface area contributed by atoms with Gasteiger partial charge in [0.2, 0.25) is 0 Å². The van der Waals surface area contributed by atoms with Gasteiger partial charge in [-0.15, -0.1) is 0 Å². The van der Waals surface area contributed by atoms with E-state index in [1.165, 1.54) is 57.2 Å². The molecule has 144 valence electrons. The van der Waals surface area contributed by atoms with Gasteiger partial charge in [-0.3, -0.25) is 4.90 Å². The first-order valence-corrected chi connectivity index (χ1v) is 10.6. The van der Waals surface area contributed by atoms with E-state index in [0.717, 1.165) is 31.9 Å². The third kappa shape index (κ3) is 4.59. The molecule has 26 heavy (non-hydrogen) atoms. The lowest BCUT2D eigenvalue weighted by atomic mass is 9.96. The highest BCUT2D eigenvalue weighted by molar-refractivity contribution is 5.29. The molecule has 0 radical (unpaired) electrons. The summed E-state index contributed by atoms with van der Waals surface area (Å²) in [6.07, 6.45) is 8.11. The number of hydrogen-bond donors (Lipinski definition) is 1. The van der Waals surface area contributed by atoms with E-state index in [0.29, 0.717) is 24.5 Å². The van der Waals surface area contributed by atoms with Gasteiger partial charge in [-0.25, -0.2) is 0 Å². The van der Waals surface area contributed by atoms with Crippen molar-refractivity contribution in [2.45, 2.75) is 51.2 Å². The lowest BCUT2D eigenvalue weighted by Crippen LogP contribution is -2.31. The van der Waals surface area contributed by atoms with Crippen LogP contribution in [0.1, 0.15) is 44.1 Å². The molecular formula is C22H34N2O2. The highest BCUT2D eigenvalue weighted by atomic mass is 16.5. The predicted octanol–water partition coefficient (Wildman–Crippen LogP) is 3.14. The van der Waals surface area contributed by atoms with E-state index in [1.54, 1.807) is 0 Å². The predicted molar refractivity (Wildman–Crippen MR) is 104 cm³/mol. The van der Waals surface area contributed by atoms with Crippen molar-refractivity contribution in [3.8, 4) is 5.75 Å². The van der Waals surface area contributed by atoms with Crippen LogP contribution in [0, 0.1) is 11.8 Å². The van der Waals surface area contributed by atoms with Crippen LogP contribution in [0.2, 0.25) is 0 Å². The quantitative estimate of drug-likeness (QED) is 0.812. The molecular weight excluding hydrogens is 324 g/mol. The molecule has 0 bridgehead atoms. The Bertz CT molecular complexity index is 567. The summed E-state index contributed by atoms with van der Waals surface area (Å²) in [5.74, 6) is 2.06. The Balaban J connectivity index is 1.33. The molecule has 0 amide bonds. The number of aliphatic hydroxyl groups is 1. The van der Waals surface area contributed by atoms with Crippen LogP contribution in [0.3, 0.4) is 0 Å². The van der Waals surface area contributed by atoms with Crippen molar-refractivity contribution in [2.24, 2.45) is 11.8 Å². The molecule has 1 aromatic rings. The Kier molecular flexibility index (Phi) is 6.13. The minimum absolute atomic E-state index is 0.319. The van der Waals surface area contributed by atoms with Crippen molar-refractivity contribution < 1.29 is 9.84 Å². The van der Waals surface area contributed by atoms with Gasteiger partial charge in [-0.2, -0.15) is 0 Å². The fourth-order valence-electron chi connectivity index (χ4n) is 5.05. The summed E-state index contributed by atoms with van der Waals surface area (Å²) >= 11 is 0. The largest absolute Gasteiger partial charge is 0.490 e. The normalized spacial score (nSPS) is 28.2. The third-order valence-electron chi connectivity index (χ3n) is 6.49. The summed E-state index contributed by atoms with van der Waals surface area (Å²) in [6.45, 7) is 7.06. The second-order valence-corrected chi connectivity index (χ2v) is 8.58. The van der Waals surface area contributed by atoms with Gasteiger partial charge in [0.1, 0.15) is 5.75 Å². The molecule has 4 rings (SSSR count). The summed E-state index contributed by atoms with van der Waals surface area (Å²) in [5.41, 5.74) is 1.33. The van der Waals surface area contributed by atoms with E-state index in [4.69, 9.17) is 4.74 Å². The first-order chi connectivity index (χ1) is 12.8. The maximum absolute atomic E-state index is 9.83. The number of likely N-dealkylation sites (tertiary alicyclic amines) is 2. The summed E-state index contributed by atoms with van der Waals surface area (Å²) in [7, 11) is 0. The number of ether oxygens (including phenoxy) is 1. The maximum atomic E-state index is 9.83. The van der Waals surface area contributed by atoms with Gasteiger partial charge >= 0.3 is 0 Å². The number of rotatable bonds is 7. The molecule has 1 saturated carbocycles. The van der Waals surface area contributed by atoms with Crippen LogP contribution in [-0.4, -0.2) is 60.3 Å². The van der Waals surface area contributed by atoms with Crippen molar-refractivity contribution in [3.05, 3.63) is 29.8 Å². The second kappa shape index (κ2) is 8.73. The molecule has 2 atom stereocenters. The molecule has 2 aliphatic heterocycles. The summed E-state index contributed by atoms with van der Waals surface area (Å²) in [6, 6.07) is 8.66. The minimum Gasteiger partial charge on any atom is -0.490 e. The molecule has 0 aromatic heterocycles. The summed E-state index contributed by atoms with van der Waals surface area (Å²) in [4.78, 5) is 5.11. The van der Waals surface area contributed by atoms with Gasteiger partial charge < -0.3 is 14.7 Å². The van der Waals surface area contributed by atoms with Gasteiger partial charge in [0.25, 0.3) is 0 Å². The maximum Gasteiger partial charge on any atom is 0.120 e. The average molecular weight is 359 g/mol. The van der Waals surface area contributed by atoms with Crippen LogP contribution in [0.15, 0.2) is 24.3 Å². The SMILES string of the molecule is OC[C@H]1CN(Cc2cccc(OC3CCCC3)c2)C[C@H]1CN1CCCC1. The fraction of sp³-hybridized carbons (Fsp3) is 0.727. The van der Waals surface area contributed by atoms with E-state index in [1.807, 2.05) is 0 Å². The first kappa shape index (κ1) is 18.3. The smallest absolute Gasteiger partial charge is 0.120 e. The van der Waals surface area contributed by atoms with E-state index in [9.17, 15) is 5.11 Å². The van der Waals surface area contributed by atoms with Crippen LogP contribution in [0.4, 0.5) is 0 Å². The topological polar surface area (TPSA) is 35.9 Å². The molecule has 1 N–H and O–H groups in total. The van der Waals surface area contributed by atoms with Gasteiger partial charge in [0, 0.05) is 32.8 Å². The highest BCUT2D eigenvalue weighted by Crippen LogP contribution is 2.28. The lowest BCUT2D eigenvalue weighted by molar-refractivity contribution is 0.175. The van der Waals surface area contributed by atoms with E-state index >= 15 is 0 Å². The number of nitrogens with zero attached hydrogens (tertiary/aromatic N) is 2. The molecule has 3 fully saturated rings. The molecule has 1 aromatic carbocycles. The summed E-state index contributed by atoms with van der Waals surface area (Å²) in [5, 5.41) is 9.83. The average Bonchev–Trinajstić information content (AvgIpc) is 3.38. The molecule has 0 spiro atoms. The lowest BCUT2D eigenvalue weighted by Gasteiger charge is -2.23. The second-order valence-electron chi connectivity index (χ2n) is 8.58. The monoisotopic (exact) mass is 358 g/mol. The van der Waals surface area contributed by atoms with Crippen molar-refractivity contribution in [1.82, 2.24) is 9.80 Å². The van der Waals surface area contributed by atoms with E-state index < -0.39 is 0 Å². The van der Waals surface area contributed by atoms with Gasteiger partial charge in [-0.05, 0) is 81.1 Å². The minimum atomic E-state index is 0.319. The Morgan fingerprint density at radius 2 is 1.73 bits per heavy atom. The molecule has 1 aliphatic carbocycles.